The minimum atomic E-state index is -0.107. The molecule has 0 aliphatic carbocycles. The van der Waals surface area contributed by atoms with Gasteiger partial charge in [-0.3, -0.25) is 9.59 Å². The molecule has 4 rings (SSSR count). The lowest BCUT2D eigenvalue weighted by atomic mass is 10.1. The minimum Gasteiger partial charge on any atom is -0.310 e. The molecule has 1 aromatic heterocycles. The van der Waals surface area contributed by atoms with Gasteiger partial charge in [-0.25, -0.2) is 0 Å². The lowest BCUT2D eigenvalue weighted by molar-refractivity contribution is 0.0980. The van der Waals surface area contributed by atoms with Crippen molar-refractivity contribution in [1.29, 1.82) is 0 Å². The number of benzene rings is 2. The molecule has 1 aliphatic heterocycles. The van der Waals surface area contributed by atoms with E-state index in [0.717, 1.165) is 23.2 Å². The molecule has 2 aromatic carbocycles. The summed E-state index contributed by atoms with van der Waals surface area (Å²) in [7, 11) is 0. The standard InChI is InChI=1S/C23H22N2O2/c1-16-7-3-4-9-19(16)14-24-15-20(11-12-22(24)26)23(27)25-17(2)13-18-8-5-6-10-21(18)25/h3-12,15,17H,13-14H2,1-2H3/t17-/m0/s1. The van der Waals surface area contributed by atoms with Crippen LogP contribution in [-0.2, 0) is 13.0 Å². The van der Waals surface area contributed by atoms with Crippen LogP contribution in [0.4, 0.5) is 5.69 Å². The lowest BCUT2D eigenvalue weighted by Crippen LogP contribution is -2.36. The second-order valence-corrected chi connectivity index (χ2v) is 7.17. The van der Waals surface area contributed by atoms with Gasteiger partial charge in [-0.05, 0) is 49.1 Å². The third kappa shape index (κ3) is 3.19. The Balaban J connectivity index is 1.68. The van der Waals surface area contributed by atoms with Crippen LogP contribution in [0.15, 0.2) is 71.7 Å². The molecular weight excluding hydrogens is 336 g/mol. The predicted molar refractivity (Wildman–Crippen MR) is 107 cm³/mol. The molecule has 0 radical (unpaired) electrons. The van der Waals surface area contributed by atoms with Gasteiger partial charge in [0.1, 0.15) is 0 Å². The molecule has 27 heavy (non-hydrogen) atoms. The summed E-state index contributed by atoms with van der Waals surface area (Å²) in [5.41, 5.74) is 4.78. The van der Waals surface area contributed by atoms with Crippen LogP contribution in [0.1, 0.15) is 34.0 Å². The first-order valence-electron chi connectivity index (χ1n) is 9.21. The van der Waals surface area contributed by atoms with Crippen molar-refractivity contribution in [2.24, 2.45) is 0 Å². The highest BCUT2D eigenvalue weighted by molar-refractivity contribution is 6.07. The number of carbonyl (C=O) groups is 1. The summed E-state index contributed by atoms with van der Waals surface area (Å²) >= 11 is 0. The van der Waals surface area contributed by atoms with Crippen molar-refractivity contribution < 1.29 is 4.79 Å². The Hall–Kier alpha value is -3.14. The molecule has 0 bridgehead atoms. The Bertz CT molecular complexity index is 1070. The number of carbonyl (C=O) groups excluding carboxylic acids is 1. The van der Waals surface area contributed by atoms with Crippen LogP contribution < -0.4 is 10.5 Å². The number of aryl methyl sites for hydroxylation is 1. The molecule has 1 amide bonds. The first kappa shape index (κ1) is 17.3. The van der Waals surface area contributed by atoms with Gasteiger partial charge in [0.05, 0.1) is 12.1 Å². The van der Waals surface area contributed by atoms with Gasteiger partial charge < -0.3 is 9.47 Å². The van der Waals surface area contributed by atoms with E-state index in [-0.39, 0.29) is 17.5 Å². The number of anilines is 1. The number of aromatic nitrogens is 1. The highest BCUT2D eigenvalue weighted by Crippen LogP contribution is 2.32. The number of hydrogen-bond donors (Lipinski definition) is 0. The maximum absolute atomic E-state index is 13.2. The van der Waals surface area contributed by atoms with Crippen molar-refractivity contribution in [3.63, 3.8) is 0 Å². The van der Waals surface area contributed by atoms with Gasteiger partial charge >= 0.3 is 0 Å². The van der Waals surface area contributed by atoms with Crippen LogP contribution in [0.5, 0.6) is 0 Å². The van der Waals surface area contributed by atoms with E-state index in [9.17, 15) is 9.59 Å². The summed E-state index contributed by atoms with van der Waals surface area (Å²) in [6.45, 7) is 4.54. The average Bonchev–Trinajstić information content (AvgIpc) is 3.00. The zero-order chi connectivity index (χ0) is 19.0. The van der Waals surface area contributed by atoms with Gasteiger partial charge in [0.15, 0.2) is 0 Å². The van der Waals surface area contributed by atoms with E-state index in [4.69, 9.17) is 0 Å². The van der Waals surface area contributed by atoms with Gasteiger partial charge in [0, 0.05) is 24.0 Å². The summed E-state index contributed by atoms with van der Waals surface area (Å²) in [6.07, 6.45) is 2.54. The molecule has 0 unspecified atom stereocenters. The van der Waals surface area contributed by atoms with E-state index in [0.29, 0.717) is 12.1 Å². The predicted octanol–water partition coefficient (Wildman–Crippen LogP) is 3.80. The topological polar surface area (TPSA) is 42.3 Å². The van der Waals surface area contributed by atoms with Crippen LogP contribution in [0.3, 0.4) is 0 Å². The Morgan fingerprint density at radius 3 is 2.59 bits per heavy atom. The van der Waals surface area contributed by atoms with E-state index < -0.39 is 0 Å². The molecule has 4 heteroatoms. The number of pyridine rings is 1. The maximum Gasteiger partial charge on any atom is 0.260 e. The number of rotatable bonds is 3. The Morgan fingerprint density at radius 2 is 1.78 bits per heavy atom. The molecular formula is C23H22N2O2. The zero-order valence-corrected chi connectivity index (χ0v) is 15.6. The number of fused-ring (bicyclic) bond motifs is 1. The van der Waals surface area contributed by atoms with Crippen molar-refractivity contribution in [3.8, 4) is 0 Å². The Kier molecular flexibility index (Phi) is 4.40. The summed E-state index contributed by atoms with van der Waals surface area (Å²) < 4.78 is 1.61. The van der Waals surface area contributed by atoms with E-state index in [2.05, 4.69) is 13.0 Å². The zero-order valence-electron chi connectivity index (χ0n) is 15.6. The fourth-order valence-electron chi connectivity index (χ4n) is 3.77. The van der Waals surface area contributed by atoms with E-state index in [1.54, 1.807) is 16.8 Å². The molecule has 4 nitrogen and oxygen atoms in total. The molecule has 136 valence electrons. The van der Waals surface area contributed by atoms with Gasteiger partial charge in [0.25, 0.3) is 11.5 Å². The van der Waals surface area contributed by atoms with Gasteiger partial charge in [-0.15, -0.1) is 0 Å². The Morgan fingerprint density at radius 1 is 1.04 bits per heavy atom. The molecule has 1 aliphatic rings. The molecule has 3 aromatic rings. The van der Waals surface area contributed by atoms with Gasteiger partial charge in [-0.2, -0.15) is 0 Å². The second-order valence-electron chi connectivity index (χ2n) is 7.17. The SMILES string of the molecule is Cc1ccccc1Cn1cc(C(=O)N2c3ccccc3C[C@@H]2C)ccc1=O. The number of amides is 1. The van der Waals surface area contributed by atoms with Crippen molar-refractivity contribution in [2.45, 2.75) is 32.9 Å². The monoisotopic (exact) mass is 358 g/mol. The lowest BCUT2D eigenvalue weighted by Gasteiger charge is -2.23. The van der Waals surface area contributed by atoms with Crippen LogP contribution in [0.25, 0.3) is 0 Å². The van der Waals surface area contributed by atoms with Crippen LogP contribution in [-0.4, -0.2) is 16.5 Å². The van der Waals surface area contributed by atoms with E-state index >= 15 is 0 Å². The summed E-state index contributed by atoms with van der Waals surface area (Å²) in [6, 6.07) is 19.2. The molecule has 1 atom stereocenters. The van der Waals surface area contributed by atoms with Crippen LogP contribution >= 0.6 is 0 Å². The normalized spacial score (nSPS) is 15.6. The van der Waals surface area contributed by atoms with Gasteiger partial charge in [-0.1, -0.05) is 42.5 Å². The summed E-state index contributed by atoms with van der Waals surface area (Å²) in [5, 5.41) is 0. The van der Waals surface area contributed by atoms with Crippen molar-refractivity contribution in [1.82, 2.24) is 4.57 Å². The molecule has 0 saturated heterocycles. The highest BCUT2D eigenvalue weighted by atomic mass is 16.2. The second kappa shape index (κ2) is 6.88. The first-order chi connectivity index (χ1) is 13.0. The highest BCUT2D eigenvalue weighted by Gasteiger charge is 2.31. The van der Waals surface area contributed by atoms with Crippen molar-refractivity contribution in [3.05, 3.63) is 99.5 Å². The number of hydrogen-bond acceptors (Lipinski definition) is 2. The van der Waals surface area contributed by atoms with Crippen LogP contribution in [0, 0.1) is 6.92 Å². The van der Waals surface area contributed by atoms with E-state index in [1.165, 1.54) is 11.6 Å². The first-order valence-corrected chi connectivity index (χ1v) is 9.21. The molecule has 0 fully saturated rings. The largest absolute Gasteiger partial charge is 0.310 e. The fraction of sp³-hybridized carbons (Fsp3) is 0.217. The molecule has 0 saturated carbocycles. The van der Waals surface area contributed by atoms with E-state index in [1.807, 2.05) is 54.3 Å². The third-order valence-electron chi connectivity index (χ3n) is 5.26. The minimum absolute atomic E-state index is 0.0639. The summed E-state index contributed by atoms with van der Waals surface area (Å²) in [4.78, 5) is 27.4. The molecule has 0 N–H and O–H groups in total. The smallest absolute Gasteiger partial charge is 0.260 e. The van der Waals surface area contributed by atoms with Crippen molar-refractivity contribution in [2.75, 3.05) is 4.90 Å². The van der Waals surface area contributed by atoms with Crippen LogP contribution in [0.2, 0.25) is 0 Å². The maximum atomic E-state index is 13.2. The fourth-order valence-corrected chi connectivity index (χ4v) is 3.77. The summed E-state index contributed by atoms with van der Waals surface area (Å²) in [5.74, 6) is -0.0639. The molecule has 0 spiro atoms. The number of nitrogens with zero attached hydrogens (tertiary/aromatic N) is 2. The van der Waals surface area contributed by atoms with Crippen molar-refractivity contribution >= 4 is 11.6 Å². The average molecular weight is 358 g/mol. The Labute approximate surface area is 158 Å². The van der Waals surface area contributed by atoms with Gasteiger partial charge in [0.2, 0.25) is 0 Å². The third-order valence-corrected chi connectivity index (χ3v) is 5.26. The quantitative estimate of drug-likeness (QED) is 0.715. The molecule has 2 heterocycles. The number of para-hydroxylation sites is 1.